The lowest BCUT2D eigenvalue weighted by molar-refractivity contribution is 0.464. The summed E-state index contributed by atoms with van der Waals surface area (Å²) in [5.74, 6) is 9.30. The fraction of sp³-hybridized carbons (Fsp3) is 0. The molecular formula is C90H54B3N3O6. The van der Waals surface area contributed by atoms with E-state index in [1.807, 2.05) is 18.2 Å². The molecule has 0 bridgehead atoms. The predicted molar refractivity (Wildman–Crippen MR) is 416 cm³/mol. The molecule has 0 saturated carbocycles. The van der Waals surface area contributed by atoms with Gasteiger partial charge in [-0.25, -0.2) is 0 Å². The standard InChI is InChI=1S/C90H54B3N3O6/c1-7-22-55(23-8-1)94(56-24-9-2-10-25-56)61-40-43-70-82(46-61)97-76-34-19-37-79-88(76)91(70)73-49-64-67(52-85(73)100-79)65-50-74-87(102-81-39-21-36-78-90(81)92(74)71-44-41-62(47-83(71)99-78)95(57-26-11-3-12-27-57)58-28-13-4-14-29-58)54-69(65)66-51-75-86(53-68(64)66)101-80-38-20-35-77-89(80)93(75)72-45-42-63(48-84(72)98-77)96(59-30-15-5-16-31-59)60-32-17-6-18-33-60/h1-54H. The maximum absolute atomic E-state index is 7.26. The second-order valence-corrected chi connectivity index (χ2v) is 26.9. The van der Waals surface area contributed by atoms with E-state index in [1.165, 1.54) is 0 Å². The molecule has 6 aliphatic rings. The molecule has 12 heteroatoms. The molecule has 0 spiro atoms. The van der Waals surface area contributed by atoms with Crippen LogP contribution in [0.3, 0.4) is 0 Å². The molecule has 22 rings (SSSR count). The largest absolute Gasteiger partial charge is 0.458 e. The van der Waals surface area contributed by atoms with E-state index in [4.69, 9.17) is 28.4 Å². The van der Waals surface area contributed by atoms with Gasteiger partial charge in [0.05, 0.1) is 0 Å². The predicted octanol–water partition coefficient (Wildman–Crippen LogP) is 17.7. The van der Waals surface area contributed by atoms with E-state index in [-0.39, 0.29) is 20.1 Å². The van der Waals surface area contributed by atoms with E-state index in [1.54, 1.807) is 0 Å². The van der Waals surface area contributed by atoms with Crippen molar-refractivity contribution in [3.63, 3.8) is 0 Å². The summed E-state index contributed by atoms with van der Waals surface area (Å²) in [5.41, 5.74) is 18.5. The van der Waals surface area contributed by atoms with Crippen molar-refractivity contribution in [3.8, 4) is 69.0 Å². The molecule has 0 N–H and O–H groups in total. The Morgan fingerprint density at radius 1 is 0.157 bits per heavy atom. The first-order chi connectivity index (χ1) is 50.5. The number of nitrogens with zero attached hydrogens (tertiary/aromatic N) is 3. The van der Waals surface area contributed by atoms with Crippen LogP contribution in [0.5, 0.6) is 69.0 Å². The van der Waals surface area contributed by atoms with E-state index in [0.29, 0.717) is 0 Å². The Morgan fingerprint density at radius 3 is 0.588 bits per heavy atom. The Balaban J connectivity index is 0.767. The van der Waals surface area contributed by atoms with Crippen molar-refractivity contribution in [3.05, 3.63) is 328 Å². The van der Waals surface area contributed by atoms with Crippen LogP contribution < -0.4 is 92.3 Å². The lowest BCUT2D eigenvalue weighted by Gasteiger charge is -2.35. The highest BCUT2D eigenvalue weighted by Gasteiger charge is 2.45. The van der Waals surface area contributed by atoms with E-state index in [9.17, 15) is 0 Å². The summed E-state index contributed by atoms with van der Waals surface area (Å²) in [5, 5.41) is 6.29. The molecule has 9 nitrogen and oxygen atoms in total. The first kappa shape index (κ1) is 56.7. The van der Waals surface area contributed by atoms with Crippen molar-refractivity contribution in [2.24, 2.45) is 0 Å². The summed E-state index contributed by atoms with van der Waals surface area (Å²) >= 11 is 0. The molecule has 0 unspecified atom stereocenters. The molecule has 0 aliphatic carbocycles. The van der Waals surface area contributed by atoms with E-state index in [0.717, 1.165) is 202 Å². The number of para-hydroxylation sites is 6. The third-order valence-corrected chi connectivity index (χ3v) is 21.3. The molecule has 0 radical (unpaired) electrons. The van der Waals surface area contributed by atoms with Crippen LogP contribution in [0.4, 0.5) is 51.2 Å². The van der Waals surface area contributed by atoms with Gasteiger partial charge in [-0.3, -0.25) is 0 Å². The fourth-order valence-electron chi connectivity index (χ4n) is 16.9. The number of rotatable bonds is 9. The summed E-state index contributed by atoms with van der Waals surface area (Å²) in [4.78, 5) is 6.85. The lowest BCUT2D eigenvalue weighted by Crippen LogP contribution is -2.57. The van der Waals surface area contributed by atoms with Crippen LogP contribution in [0, 0.1) is 0 Å². The smallest absolute Gasteiger partial charge is 0.260 e. The van der Waals surface area contributed by atoms with E-state index < -0.39 is 0 Å². The quantitative estimate of drug-likeness (QED) is 0.104. The van der Waals surface area contributed by atoms with Crippen molar-refractivity contribution in [1.82, 2.24) is 0 Å². The van der Waals surface area contributed by atoms with Gasteiger partial charge in [0.15, 0.2) is 0 Å². The molecule has 0 atom stereocenters. The van der Waals surface area contributed by atoms with Gasteiger partial charge in [-0.05, 0) is 211 Å². The van der Waals surface area contributed by atoms with Crippen LogP contribution in [-0.4, -0.2) is 20.1 Å². The minimum atomic E-state index is -0.243. The van der Waals surface area contributed by atoms with Gasteiger partial charge in [-0.1, -0.05) is 164 Å². The average molecular weight is 1310 g/mol. The molecule has 16 aromatic rings. The zero-order valence-corrected chi connectivity index (χ0v) is 54.7. The number of fused-ring (bicyclic) bond motifs is 18. The van der Waals surface area contributed by atoms with Crippen LogP contribution in [0.2, 0.25) is 0 Å². The Hall–Kier alpha value is -13.3. The minimum absolute atomic E-state index is 0.243. The summed E-state index contributed by atoms with van der Waals surface area (Å²) in [6, 6.07) is 116. The van der Waals surface area contributed by atoms with Gasteiger partial charge >= 0.3 is 0 Å². The van der Waals surface area contributed by atoms with Gasteiger partial charge in [0.1, 0.15) is 69.0 Å². The fourth-order valence-corrected chi connectivity index (χ4v) is 16.9. The Labute approximate surface area is 589 Å². The van der Waals surface area contributed by atoms with Gasteiger partial charge in [0.2, 0.25) is 0 Å². The molecule has 16 aromatic carbocycles. The molecule has 6 aliphatic heterocycles. The summed E-state index contributed by atoms with van der Waals surface area (Å²) in [6.07, 6.45) is 0. The first-order valence-corrected chi connectivity index (χ1v) is 34.7. The molecule has 102 heavy (non-hydrogen) atoms. The van der Waals surface area contributed by atoms with Gasteiger partial charge in [-0.2, -0.15) is 0 Å². The monoisotopic (exact) mass is 1310 g/mol. The lowest BCUT2D eigenvalue weighted by atomic mass is 9.34. The number of anilines is 9. The maximum Gasteiger partial charge on any atom is 0.260 e. The van der Waals surface area contributed by atoms with Crippen molar-refractivity contribution >= 4 is 153 Å². The second kappa shape index (κ2) is 22.1. The minimum Gasteiger partial charge on any atom is -0.458 e. The van der Waals surface area contributed by atoms with Gasteiger partial charge in [0.25, 0.3) is 20.1 Å². The van der Waals surface area contributed by atoms with Crippen molar-refractivity contribution in [2.45, 2.75) is 0 Å². The third-order valence-electron chi connectivity index (χ3n) is 21.3. The number of ether oxygens (including phenoxy) is 6. The van der Waals surface area contributed by atoms with Gasteiger partial charge < -0.3 is 43.1 Å². The highest BCUT2D eigenvalue weighted by molar-refractivity contribution is 7.00. The highest BCUT2D eigenvalue weighted by Crippen LogP contribution is 2.48. The normalized spacial score (nSPS) is 13.1. The average Bonchev–Trinajstić information content (AvgIpc) is 0.695. The summed E-state index contributed by atoms with van der Waals surface area (Å²) in [6.45, 7) is -0.729. The molecule has 0 aromatic heterocycles. The molecule has 0 saturated heterocycles. The Kier molecular flexibility index (Phi) is 12.3. The van der Waals surface area contributed by atoms with E-state index in [2.05, 4.69) is 324 Å². The van der Waals surface area contributed by atoms with Crippen LogP contribution >= 0.6 is 0 Å². The van der Waals surface area contributed by atoms with E-state index >= 15 is 0 Å². The first-order valence-electron chi connectivity index (χ1n) is 34.7. The molecular weight excluding hydrogens is 1250 g/mol. The zero-order valence-electron chi connectivity index (χ0n) is 54.7. The number of hydrogen-bond acceptors (Lipinski definition) is 9. The highest BCUT2D eigenvalue weighted by atomic mass is 16.5. The van der Waals surface area contributed by atoms with Crippen LogP contribution in [0.15, 0.2) is 328 Å². The number of benzene rings is 16. The van der Waals surface area contributed by atoms with Gasteiger partial charge in [0, 0.05) is 85.8 Å². The molecule has 474 valence electrons. The molecule has 6 heterocycles. The Morgan fingerprint density at radius 2 is 0.363 bits per heavy atom. The topological polar surface area (TPSA) is 65.1 Å². The Bertz CT molecular complexity index is 5450. The zero-order chi connectivity index (χ0) is 66.7. The SMILES string of the molecule is c1ccc(N(c2ccccc2)c2ccc3c(c2)Oc2cccc4c2B3c2cc3c(cc2O4)c2cc4c(cc2c2cc5c(cc32)Oc2cccc3c2B5c2ccc(N(c5ccccc5)c5ccccc5)cc2O3)Oc2cccc3c2B4c2ccc(N(c4ccccc4)c4ccccc4)cc2O3)cc1. The van der Waals surface area contributed by atoms with Crippen molar-refractivity contribution in [2.75, 3.05) is 14.7 Å². The third kappa shape index (κ3) is 8.62. The van der Waals surface area contributed by atoms with Gasteiger partial charge in [-0.15, -0.1) is 0 Å². The molecule has 0 fully saturated rings. The van der Waals surface area contributed by atoms with Crippen molar-refractivity contribution < 1.29 is 28.4 Å². The molecule has 0 amide bonds. The summed E-state index contributed by atoms with van der Waals surface area (Å²) in [7, 11) is 0. The van der Waals surface area contributed by atoms with Crippen LogP contribution in [0.25, 0.3) is 32.3 Å². The van der Waals surface area contributed by atoms with Crippen LogP contribution in [0.1, 0.15) is 0 Å². The maximum atomic E-state index is 7.26. The van der Waals surface area contributed by atoms with Crippen molar-refractivity contribution in [1.29, 1.82) is 0 Å². The second-order valence-electron chi connectivity index (χ2n) is 26.9. The van der Waals surface area contributed by atoms with Crippen LogP contribution in [-0.2, 0) is 0 Å². The summed E-state index contributed by atoms with van der Waals surface area (Å²) < 4.78 is 43.0. The number of hydrogen-bond donors (Lipinski definition) is 0.